The van der Waals surface area contributed by atoms with E-state index in [-0.39, 0.29) is 18.4 Å². The van der Waals surface area contributed by atoms with E-state index in [0.29, 0.717) is 11.5 Å². The van der Waals surface area contributed by atoms with Gasteiger partial charge in [0.05, 0.1) is 12.5 Å². The number of hydrogen-bond donors (Lipinski definition) is 3. The molecule has 27 heavy (non-hydrogen) atoms. The van der Waals surface area contributed by atoms with Gasteiger partial charge in [0.15, 0.2) is 0 Å². The molecule has 6 nitrogen and oxygen atoms in total. The Kier molecular flexibility index (Phi) is 6.30. The second-order valence-corrected chi connectivity index (χ2v) is 6.80. The third-order valence-electron chi connectivity index (χ3n) is 4.67. The van der Waals surface area contributed by atoms with Gasteiger partial charge in [0, 0.05) is 6.04 Å². The van der Waals surface area contributed by atoms with Gasteiger partial charge in [-0.25, -0.2) is 4.79 Å². The summed E-state index contributed by atoms with van der Waals surface area (Å²) in [5.41, 5.74) is 6.09. The molecule has 0 radical (unpaired) electrons. The van der Waals surface area contributed by atoms with E-state index in [2.05, 4.69) is 10.6 Å². The van der Waals surface area contributed by atoms with Crippen molar-refractivity contribution in [3.8, 4) is 11.5 Å². The molecule has 1 saturated carbocycles. The first kappa shape index (κ1) is 18.8. The molecule has 0 bridgehead atoms. The zero-order valence-electron chi connectivity index (χ0n) is 15.2. The Labute approximate surface area is 159 Å². The average molecular weight is 367 g/mol. The molecule has 2 aromatic carbocycles. The lowest BCUT2D eigenvalue weighted by atomic mass is 10.0. The monoisotopic (exact) mass is 367 g/mol. The van der Waals surface area contributed by atoms with Crippen molar-refractivity contribution in [3.05, 3.63) is 60.2 Å². The molecule has 1 aliphatic rings. The van der Waals surface area contributed by atoms with Gasteiger partial charge in [0.25, 0.3) is 0 Å². The summed E-state index contributed by atoms with van der Waals surface area (Å²) in [4.78, 5) is 23.8. The zero-order valence-corrected chi connectivity index (χ0v) is 15.2. The topological polar surface area (TPSA) is 93.5 Å². The second kappa shape index (κ2) is 9.07. The first-order valence-corrected chi connectivity index (χ1v) is 9.28. The van der Waals surface area contributed by atoms with Crippen LogP contribution in [0.1, 0.15) is 43.7 Å². The van der Waals surface area contributed by atoms with Gasteiger partial charge in [0.1, 0.15) is 11.5 Å². The quantitative estimate of drug-likeness (QED) is 0.697. The molecule has 3 amide bonds. The SMILES string of the molecule is NC(=O)N[C@H](CC(=O)NC1CCCC1)c1cccc(Oc2ccccc2)c1. The Balaban J connectivity index is 1.70. The van der Waals surface area contributed by atoms with Crippen LogP contribution in [0.5, 0.6) is 11.5 Å². The second-order valence-electron chi connectivity index (χ2n) is 6.80. The predicted molar refractivity (Wildman–Crippen MR) is 103 cm³/mol. The molecule has 0 saturated heterocycles. The maximum Gasteiger partial charge on any atom is 0.312 e. The van der Waals surface area contributed by atoms with Gasteiger partial charge in [0.2, 0.25) is 5.91 Å². The number of nitrogens with two attached hydrogens (primary N) is 1. The lowest BCUT2D eigenvalue weighted by molar-refractivity contribution is -0.122. The molecule has 1 atom stereocenters. The van der Waals surface area contributed by atoms with E-state index in [1.807, 2.05) is 54.6 Å². The normalized spacial score (nSPS) is 15.1. The largest absolute Gasteiger partial charge is 0.457 e. The van der Waals surface area contributed by atoms with Crippen LogP contribution in [0.15, 0.2) is 54.6 Å². The van der Waals surface area contributed by atoms with Gasteiger partial charge in [-0.2, -0.15) is 0 Å². The molecular weight excluding hydrogens is 342 g/mol. The lowest BCUT2D eigenvalue weighted by Crippen LogP contribution is -2.39. The highest BCUT2D eigenvalue weighted by molar-refractivity contribution is 5.79. The first-order chi connectivity index (χ1) is 13.1. The highest BCUT2D eigenvalue weighted by atomic mass is 16.5. The fraction of sp³-hybridized carbons (Fsp3) is 0.333. The van der Waals surface area contributed by atoms with Crippen LogP contribution in [0, 0.1) is 0 Å². The fourth-order valence-electron chi connectivity index (χ4n) is 3.39. The summed E-state index contributed by atoms with van der Waals surface area (Å²) in [6, 6.07) is 15.8. The minimum atomic E-state index is -0.664. The molecule has 6 heteroatoms. The number of benzene rings is 2. The standard InChI is InChI=1S/C21H25N3O3/c22-21(26)24-19(14-20(25)23-16-8-4-5-9-16)15-7-6-12-18(13-15)27-17-10-2-1-3-11-17/h1-3,6-7,10-13,16,19H,4-5,8-9,14H2,(H,23,25)(H3,22,24,26)/t19-/m1/s1. The number of ether oxygens (including phenoxy) is 1. The summed E-state index contributed by atoms with van der Waals surface area (Å²) >= 11 is 0. The minimum absolute atomic E-state index is 0.0879. The van der Waals surface area contributed by atoms with Crippen LogP contribution >= 0.6 is 0 Å². The Bertz CT molecular complexity index is 773. The number of carbonyl (C=O) groups excluding carboxylic acids is 2. The molecule has 1 aliphatic carbocycles. The number of amides is 3. The van der Waals surface area contributed by atoms with Crippen LogP contribution in [0.4, 0.5) is 4.79 Å². The molecule has 4 N–H and O–H groups in total. The van der Waals surface area contributed by atoms with Crippen molar-refractivity contribution in [3.63, 3.8) is 0 Å². The summed E-state index contributed by atoms with van der Waals surface area (Å²) in [5, 5.41) is 5.71. The Morgan fingerprint density at radius 2 is 1.74 bits per heavy atom. The van der Waals surface area contributed by atoms with Gasteiger partial charge in [-0.3, -0.25) is 4.79 Å². The maximum atomic E-state index is 12.4. The third-order valence-corrected chi connectivity index (χ3v) is 4.67. The molecular formula is C21H25N3O3. The van der Waals surface area contributed by atoms with Gasteiger partial charge >= 0.3 is 6.03 Å². The van der Waals surface area contributed by atoms with Crippen LogP contribution in [-0.4, -0.2) is 18.0 Å². The maximum absolute atomic E-state index is 12.4. The third kappa shape index (κ3) is 5.74. The number of para-hydroxylation sites is 1. The van der Waals surface area contributed by atoms with E-state index in [1.54, 1.807) is 0 Å². The van der Waals surface area contributed by atoms with E-state index in [4.69, 9.17) is 10.5 Å². The van der Waals surface area contributed by atoms with Crippen molar-refractivity contribution < 1.29 is 14.3 Å². The van der Waals surface area contributed by atoms with Crippen LogP contribution in [0.2, 0.25) is 0 Å². The highest BCUT2D eigenvalue weighted by Gasteiger charge is 2.22. The van der Waals surface area contributed by atoms with Crippen molar-refractivity contribution in [2.75, 3.05) is 0 Å². The summed E-state index contributed by atoms with van der Waals surface area (Å²) in [6.45, 7) is 0. The Morgan fingerprint density at radius 1 is 1.04 bits per heavy atom. The van der Waals surface area contributed by atoms with E-state index in [0.717, 1.165) is 31.2 Å². The van der Waals surface area contributed by atoms with Crippen molar-refractivity contribution >= 4 is 11.9 Å². The van der Waals surface area contributed by atoms with Crippen LogP contribution in [-0.2, 0) is 4.79 Å². The van der Waals surface area contributed by atoms with Gasteiger partial charge in [-0.15, -0.1) is 0 Å². The molecule has 2 aromatic rings. The molecule has 0 aromatic heterocycles. The number of carbonyl (C=O) groups is 2. The molecule has 0 unspecified atom stereocenters. The number of urea groups is 1. The van der Waals surface area contributed by atoms with Crippen LogP contribution in [0.3, 0.4) is 0 Å². The average Bonchev–Trinajstić information content (AvgIpc) is 3.15. The van der Waals surface area contributed by atoms with Gasteiger partial charge in [-0.05, 0) is 42.7 Å². The van der Waals surface area contributed by atoms with Crippen molar-refractivity contribution in [1.82, 2.24) is 10.6 Å². The molecule has 0 aliphatic heterocycles. The lowest BCUT2D eigenvalue weighted by Gasteiger charge is -2.20. The van der Waals surface area contributed by atoms with E-state index in [1.165, 1.54) is 0 Å². The zero-order chi connectivity index (χ0) is 19.1. The van der Waals surface area contributed by atoms with Gasteiger partial charge in [-0.1, -0.05) is 43.2 Å². The number of primary amides is 1. The molecule has 1 fully saturated rings. The van der Waals surface area contributed by atoms with Crippen molar-refractivity contribution in [2.24, 2.45) is 5.73 Å². The van der Waals surface area contributed by atoms with Crippen molar-refractivity contribution in [1.29, 1.82) is 0 Å². The van der Waals surface area contributed by atoms with Crippen molar-refractivity contribution in [2.45, 2.75) is 44.2 Å². The number of nitrogens with one attached hydrogen (secondary N) is 2. The fourth-order valence-corrected chi connectivity index (χ4v) is 3.39. The predicted octanol–water partition coefficient (Wildman–Crippen LogP) is 3.64. The van der Waals surface area contributed by atoms with Gasteiger partial charge < -0.3 is 21.1 Å². The van der Waals surface area contributed by atoms with E-state index >= 15 is 0 Å². The summed E-state index contributed by atoms with van der Waals surface area (Å²) in [6.07, 6.45) is 4.45. The number of hydrogen-bond acceptors (Lipinski definition) is 3. The first-order valence-electron chi connectivity index (χ1n) is 9.28. The van der Waals surface area contributed by atoms with E-state index in [9.17, 15) is 9.59 Å². The molecule has 142 valence electrons. The number of rotatable bonds is 7. The minimum Gasteiger partial charge on any atom is -0.457 e. The van der Waals surface area contributed by atoms with E-state index < -0.39 is 12.1 Å². The smallest absolute Gasteiger partial charge is 0.312 e. The molecule has 3 rings (SSSR count). The summed E-state index contributed by atoms with van der Waals surface area (Å²) in [7, 11) is 0. The Morgan fingerprint density at radius 3 is 2.44 bits per heavy atom. The molecule has 0 spiro atoms. The molecule has 0 heterocycles. The van der Waals surface area contributed by atoms with Crippen LogP contribution < -0.4 is 21.1 Å². The summed E-state index contributed by atoms with van der Waals surface area (Å²) in [5.74, 6) is 1.26. The summed E-state index contributed by atoms with van der Waals surface area (Å²) < 4.78 is 5.84. The van der Waals surface area contributed by atoms with Crippen LogP contribution in [0.25, 0.3) is 0 Å². The highest BCUT2D eigenvalue weighted by Crippen LogP contribution is 2.26. The Hall–Kier alpha value is -3.02.